The minimum absolute atomic E-state index is 0.0346. The fourth-order valence-corrected chi connectivity index (χ4v) is 9.52. The molecule has 2 aromatic carbocycles. The van der Waals surface area contributed by atoms with Crippen LogP contribution >= 0.6 is 0 Å². The molecule has 56 heavy (non-hydrogen) atoms. The Morgan fingerprint density at radius 1 is 1.00 bits per heavy atom. The first-order chi connectivity index (χ1) is 27.0. The summed E-state index contributed by atoms with van der Waals surface area (Å²) in [5.74, 6) is 1.90. The third-order valence-electron chi connectivity index (χ3n) is 11.1. The number of nitrogens with one attached hydrogen (secondary N) is 2. The number of imide groups is 1. The Morgan fingerprint density at radius 3 is 2.52 bits per heavy atom. The van der Waals surface area contributed by atoms with Crippen LogP contribution in [0.4, 0.5) is 22.4 Å². The van der Waals surface area contributed by atoms with Gasteiger partial charge >= 0.3 is 6.03 Å². The summed E-state index contributed by atoms with van der Waals surface area (Å²) in [6.07, 6.45) is 10.8. The zero-order chi connectivity index (χ0) is 39.4. The number of carbonyl (C=O) groups is 3. The highest BCUT2D eigenvalue weighted by atomic mass is 32.2. The highest BCUT2D eigenvalue weighted by Gasteiger charge is 2.31. The number of aromatic nitrogens is 4. The lowest BCUT2D eigenvalue weighted by Crippen LogP contribution is -2.49. The number of piperidine rings is 2. The first kappa shape index (κ1) is 39.1. The third-order valence-corrected chi connectivity index (χ3v) is 13.0. The molecular formula is C40H50N10O5S. The van der Waals surface area contributed by atoms with Crippen LogP contribution in [0.15, 0.2) is 59.6 Å². The monoisotopic (exact) mass is 782 g/mol. The van der Waals surface area contributed by atoms with Crippen molar-refractivity contribution < 1.29 is 22.8 Å². The molecule has 3 aliphatic rings. The van der Waals surface area contributed by atoms with Gasteiger partial charge in [0, 0.05) is 70.4 Å². The molecule has 5 heterocycles. The Kier molecular flexibility index (Phi) is 11.8. The number of aryl methyl sites for hydroxylation is 2. The van der Waals surface area contributed by atoms with Crippen molar-refractivity contribution in [2.75, 3.05) is 68.5 Å². The number of benzene rings is 2. The number of anilines is 3. The molecule has 16 heteroatoms. The zero-order valence-corrected chi connectivity index (χ0v) is 33.0. The van der Waals surface area contributed by atoms with Crippen molar-refractivity contribution >= 4 is 62.8 Å². The molecule has 0 atom stereocenters. The molecule has 296 valence electrons. The molecule has 3 fully saturated rings. The van der Waals surface area contributed by atoms with Gasteiger partial charge in [0.1, 0.15) is 12.1 Å². The SMILES string of the molecule is CN(C)c1nc(NC2CCN(S(=O)(=O)c3cccc(CCCN4CCC(c5ccc6c(N7CCC(=O)NC7=O)nn(C)c6c5)CC4)c3)CC2)ncc1/C=C\C=O. The van der Waals surface area contributed by atoms with Gasteiger partial charge < -0.3 is 15.1 Å². The Labute approximate surface area is 327 Å². The molecule has 0 saturated carbocycles. The van der Waals surface area contributed by atoms with Crippen molar-refractivity contribution in [3.8, 4) is 0 Å². The second-order valence-electron chi connectivity index (χ2n) is 15.0. The van der Waals surface area contributed by atoms with Gasteiger partial charge in [-0.05, 0) is 112 Å². The number of nitrogens with zero attached hydrogens (tertiary/aromatic N) is 8. The average molecular weight is 783 g/mol. The molecule has 3 saturated heterocycles. The van der Waals surface area contributed by atoms with E-state index in [1.807, 2.05) is 55.0 Å². The van der Waals surface area contributed by atoms with E-state index in [0.29, 0.717) is 67.2 Å². The van der Waals surface area contributed by atoms with Gasteiger partial charge in [0.05, 0.1) is 10.4 Å². The summed E-state index contributed by atoms with van der Waals surface area (Å²) in [5.41, 5.74) is 3.99. The van der Waals surface area contributed by atoms with Gasteiger partial charge in [-0.2, -0.15) is 14.4 Å². The lowest BCUT2D eigenvalue weighted by molar-refractivity contribution is -0.120. The van der Waals surface area contributed by atoms with E-state index in [2.05, 4.69) is 42.7 Å². The van der Waals surface area contributed by atoms with Gasteiger partial charge in [-0.3, -0.25) is 24.5 Å². The molecule has 0 radical (unpaired) electrons. The molecule has 15 nitrogen and oxygen atoms in total. The smallest absolute Gasteiger partial charge is 0.329 e. The summed E-state index contributed by atoms with van der Waals surface area (Å²) < 4.78 is 30.8. The zero-order valence-electron chi connectivity index (χ0n) is 32.2. The Bertz CT molecular complexity index is 2220. The van der Waals surface area contributed by atoms with E-state index >= 15 is 0 Å². The minimum Gasteiger partial charge on any atom is -0.362 e. The van der Waals surface area contributed by atoms with Crippen molar-refractivity contribution in [3.63, 3.8) is 0 Å². The minimum atomic E-state index is -3.63. The van der Waals surface area contributed by atoms with E-state index in [4.69, 9.17) is 0 Å². The summed E-state index contributed by atoms with van der Waals surface area (Å²) >= 11 is 0. The predicted molar refractivity (Wildman–Crippen MR) is 216 cm³/mol. The van der Waals surface area contributed by atoms with E-state index in [1.165, 1.54) is 16.5 Å². The van der Waals surface area contributed by atoms with Crippen LogP contribution in [-0.2, 0) is 33.1 Å². The fourth-order valence-electron chi connectivity index (χ4n) is 7.98. The summed E-state index contributed by atoms with van der Waals surface area (Å²) in [6.45, 7) is 4.06. The summed E-state index contributed by atoms with van der Waals surface area (Å²) in [7, 11) is 2.01. The highest BCUT2D eigenvalue weighted by molar-refractivity contribution is 7.89. The van der Waals surface area contributed by atoms with Gasteiger partial charge in [-0.15, -0.1) is 0 Å². The predicted octanol–water partition coefficient (Wildman–Crippen LogP) is 4.17. The molecule has 3 aliphatic heterocycles. The number of hydrogen-bond acceptors (Lipinski definition) is 11. The maximum atomic E-state index is 13.7. The van der Waals surface area contributed by atoms with Crippen LogP contribution < -0.4 is 20.4 Å². The Balaban J connectivity index is 0.879. The molecule has 2 N–H and O–H groups in total. The lowest BCUT2D eigenvalue weighted by Gasteiger charge is -2.32. The molecule has 0 aliphatic carbocycles. The second-order valence-corrected chi connectivity index (χ2v) is 17.0. The summed E-state index contributed by atoms with van der Waals surface area (Å²) in [6, 6.07) is 13.4. The normalized spacial score (nSPS) is 18.2. The van der Waals surface area contributed by atoms with Gasteiger partial charge in [-0.25, -0.2) is 18.2 Å². The molecule has 4 aromatic rings. The topological polar surface area (TPSA) is 166 Å². The van der Waals surface area contributed by atoms with Gasteiger partial charge in [0.25, 0.3) is 0 Å². The van der Waals surface area contributed by atoms with Crippen molar-refractivity contribution in [1.29, 1.82) is 0 Å². The van der Waals surface area contributed by atoms with Crippen LogP contribution in [-0.4, -0.2) is 115 Å². The largest absolute Gasteiger partial charge is 0.362 e. The lowest BCUT2D eigenvalue weighted by atomic mass is 9.89. The summed E-state index contributed by atoms with van der Waals surface area (Å²) in [4.78, 5) is 50.2. The van der Waals surface area contributed by atoms with E-state index in [0.717, 1.165) is 67.3 Å². The first-order valence-electron chi connectivity index (χ1n) is 19.3. The van der Waals surface area contributed by atoms with E-state index in [9.17, 15) is 22.8 Å². The van der Waals surface area contributed by atoms with E-state index < -0.39 is 16.1 Å². The quantitative estimate of drug-likeness (QED) is 0.148. The molecule has 2 aromatic heterocycles. The number of fused-ring (bicyclic) bond motifs is 1. The Morgan fingerprint density at radius 2 is 1.79 bits per heavy atom. The number of allylic oxidation sites excluding steroid dienone is 1. The second kappa shape index (κ2) is 16.9. The first-order valence-corrected chi connectivity index (χ1v) is 20.8. The Hall–Kier alpha value is -5.19. The number of urea groups is 1. The van der Waals surface area contributed by atoms with E-state index in [1.54, 1.807) is 22.6 Å². The van der Waals surface area contributed by atoms with Gasteiger partial charge in [0.2, 0.25) is 21.9 Å². The van der Waals surface area contributed by atoms with Crippen LogP contribution in [0.3, 0.4) is 0 Å². The van der Waals surface area contributed by atoms with Crippen molar-refractivity contribution in [1.82, 2.24) is 34.3 Å². The number of amides is 3. The molecule has 0 bridgehead atoms. The van der Waals surface area contributed by atoms with Crippen LogP contribution in [0.2, 0.25) is 0 Å². The van der Waals surface area contributed by atoms with Crippen molar-refractivity contribution in [3.05, 3.63) is 71.4 Å². The fraction of sp³-hybridized carbons (Fsp3) is 0.450. The van der Waals surface area contributed by atoms with Crippen LogP contribution in [0.25, 0.3) is 17.0 Å². The molecule has 7 rings (SSSR count). The molecule has 3 amide bonds. The number of rotatable bonds is 13. The van der Waals surface area contributed by atoms with Crippen LogP contribution in [0, 0.1) is 0 Å². The number of aldehydes is 1. The number of hydrogen-bond donors (Lipinski definition) is 2. The van der Waals surface area contributed by atoms with Crippen LogP contribution in [0.1, 0.15) is 61.1 Å². The van der Waals surface area contributed by atoms with E-state index in [-0.39, 0.29) is 18.4 Å². The van der Waals surface area contributed by atoms with Gasteiger partial charge in [-0.1, -0.05) is 18.2 Å². The number of carbonyl (C=O) groups excluding carboxylic acids is 3. The number of likely N-dealkylation sites (tertiary alicyclic amines) is 1. The molecule has 0 unspecified atom stereocenters. The van der Waals surface area contributed by atoms with Crippen molar-refractivity contribution in [2.45, 2.75) is 61.8 Å². The maximum Gasteiger partial charge on any atom is 0.329 e. The highest BCUT2D eigenvalue weighted by Crippen LogP contribution is 2.34. The molecular weight excluding hydrogens is 733 g/mol. The standard InChI is InChI=1S/C40H50N10O5S/c1-46(2)37-31(9-6-24-51)27-41-39(44-37)42-32-15-21-49(22-16-32)56(54,55)33-10-4-7-28(25-33)8-5-18-48-19-13-29(14-20-48)30-11-12-34-35(26-30)47(3)45-38(34)50-23-17-36(52)43-40(50)53/h4,6-7,9-12,24-27,29,32H,5,8,13-23H2,1-3H3,(H,41,42,44)(H,43,52,53)/b9-6-. The molecule has 0 spiro atoms. The summed E-state index contributed by atoms with van der Waals surface area (Å²) in [5, 5.41) is 11.3. The third kappa shape index (κ3) is 8.61. The average Bonchev–Trinajstić information content (AvgIpc) is 3.52. The maximum absolute atomic E-state index is 13.7. The van der Waals surface area contributed by atoms with Gasteiger partial charge in [0.15, 0.2) is 5.82 Å². The van der Waals surface area contributed by atoms with Crippen molar-refractivity contribution in [2.24, 2.45) is 7.05 Å². The number of sulfonamides is 1. The van der Waals surface area contributed by atoms with Crippen LogP contribution in [0.5, 0.6) is 0 Å².